The molecule has 1 aromatic rings. The Hall–Kier alpha value is -1.60. The molecule has 6 nitrogen and oxygen atoms in total. The van der Waals surface area contributed by atoms with Crippen LogP contribution in [0.3, 0.4) is 0 Å². The summed E-state index contributed by atoms with van der Waals surface area (Å²) in [4.78, 5) is 10.5. The molecule has 0 atom stereocenters. The summed E-state index contributed by atoms with van der Waals surface area (Å²) < 4.78 is 31.4. The van der Waals surface area contributed by atoms with E-state index in [1.54, 1.807) is 24.3 Å². The van der Waals surface area contributed by atoms with Crippen molar-refractivity contribution >= 4 is 21.7 Å². The maximum atomic E-state index is 11.9. The fraction of sp³-hybridized carbons (Fsp3) is 0.500. The van der Waals surface area contributed by atoms with Crippen molar-refractivity contribution in [1.29, 1.82) is 0 Å². The molecule has 0 radical (unpaired) electrons. The zero-order chi connectivity index (χ0) is 15.9. The second-order valence-corrected chi connectivity index (χ2v) is 6.78. The number of aryl methyl sites for hydroxylation is 1. The second-order valence-electron chi connectivity index (χ2n) is 4.93. The third-order valence-electron chi connectivity index (χ3n) is 2.63. The first kappa shape index (κ1) is 17.5. The van der Waals surface area contributed by atoms with E-state index in [0.29, 0.717) is 12.1 Å². The van der Waals surface area contributed by atoms with Crippen molar-refractivity contribution < 1.29 is 23.1 Å². The van der Waals surface area contributed by atoms with Crippen LogP contribution in [-0.4, -0.2) is 38.0 Å². The minimum atomic E-state index is -3.47. The number of nitrogens with one attached hydrogen (secondary N) is 1. The number of carboxylic acid groups (broad SMARTS) is 1. The number of ether oxygens (including phenoxy) is 1. The molecule has 0 spiro atoms. The summed E-state index contributed by atoms with van der Waals surface area (Å²) in [6, 6.07) is 6.73. The Morgan fingerprint density at radius 3 is 2.71 bits per heavy atom. The average Bonchev–Trinajstić information content (AvgIpc) is 2.35. The second kappa shape index (κ2) is 7.99. The summed E-state index contributed by atoms with van der Waals surface area (Å²) in [5, 5.41) is 8.65. The lowest BCUT2D eigenvalue weighted by Gasteiger charge is -2.11. The number of rotatable bonds is 9. The molecule has 0 bridgehead atoms. The van der Waals surface area contributed by atoms with E-state index in [2.05, 4.69) is 4.72 Å². The van der Waals surface area contributed by atoms with Gasteiger partial charge in [-0.15, -0.1) is 0 Å². The molecule has 0 fully saturated rings. The Morgan fingerprint density at radius 1 is 1.38 bits per heavy atom. The summed E-state index contributed by atoms with van der Waals surface area (Å²) in [7, 11) is -3.47. The fourth-order valence-corrected chi connectivity index (χ4v) is 2.57. The van der Waals surface area contributed by atoms with E-state index in [4.69, 9.17) is 9.84 Å². The number of hydrogen-bond donors (Lipinski definition) is 2. The van der Waals surface area contributed by atoms with Crippen molar-refractivity contribution in [3.63, 3.8) is 0 Å². The number of hydrogen-bond acceptors (Lipinski definition) is 4. The molecule has 0 saturated heterocycles. The normalized spacial score (nSPS) is 11.6. The van der Waals surface area contributed by atoms with Gasteiger partial charge in [0.1, 0.15) is 0 Å². The fourth-order valence-electron chi connectivity index (χ4n) is 1.67. The summed E-state index contributed by atoms with van der Waals surface area (Å²) in [5.41, 5.74) is 1.21. The van der Waals surface area contributed by atoms with Crippen LogP contribution in [0.5, 0.6) is 0 Å². The minimum absolute atomic E-state index is 0.0123. The van der Waals surface area contributed by atoms with Gasteiger partial charge < -0.3 is 9.84 Å². The van der Waals surface area contributed by atoms with Crippen LogP contribution in [0, 0.1) is 0 Å². The highest BCUT2D eigenvalue weighted by atomic mass is 32.2. The molecule has 0 heterocycles. The predicted octanol–water partition coefficient (Wildman–Crippen LogP) is 1.87. The quantitative estimate of drug-likeness (QED) is 0.725. The lowest BCUT2D eigenvalue weighted by molar-refractivity contribution is -0.136. The third-order valence-corrected chi connectivity index (χ3v) is 3.88. The van der Waals surface area contributed by atoms with Gasteiger partial charge >= 0.3 is 5.97 Å². The van der Waals surface area contributed by atoms with Gasteiger partial charge in [0.15, 0.2) is 0 Å². The highest BCUT2D eigenvalue weighted by Crippen LogP contribution is 2.14. The number of anilines is 1. The number of aliphatic carboxylic acids is 1. The molecule has 0 unspecified atom stereocenters. The molecule has 1 aromatic carbocycles. The van der Waals surface area contributed by atoms with E-state index in [0.717, 1.165) is 5.56 Å². The molecule has 21 heavy (non-hydrogen) atoms. The molecule has 2 N–H and O–H groups in total. The highest BCUT2D eigenvalue weighted by molar-refractivity contribution is 7.92. The maximum absolute atomic E-state index is 11.9. The van der Waals surface area contributed by atoms with Crippen molar-refractivity contribution in [2.75, 3.05) is 17.1 Å². The Kier molecular flexibility index (Phi) is 6.64. The first-order valence-electron chi connectivity index (χ1n) is 6.71. The lowest BCUT2D eigenvalue weighted by atomic mass is 10.1. The van der Waals surface area contributed by atoms with Gasteiger partial charge in [0, 0.05) is 12.1 Å². The van der Waals surface area contributed by atoms with Crippen LogP contribution in [0.1, 0.15) is 25.8 Å². The van der Waals surface area contributed by atoms with Crippen molar-refractivity contribution in [2.24, 2.45) is 0 Å². The summed E-state index contributed by atoms with van der Waals surface area (Å²) in [6.45, 7) is 3.81. The van der Waals surface area contributed by atoms with Gasteiger partial charge in [-0.3, -0.25) is 9.52 Å². The molecule has 0 saturated carbocycles. The first-order chi connectivity index (χ1) is 9.78. The number of benzene rings is 1. The van der Waals surface area contributed by atoms with Crippen molar-refractivity contribution in [3.8, 4) is 0 Å². The Balaban J connectivity index is 2.60. The van der Waals surface area contributed by atoms with E-state index in [1.807, 2.05) is 13.8 Å². The average molecular weight is 315 g/mol. The smallest absolute Gasteiger partial charge is 0.303 e. The van der Waals surface area contributed by atoms with Crippen LogP contribution in [-0.2, 0) is 26.0 Å². The Labute approximate surface area is 125 Å². The molecular weight excluding hydrogens is 294 g/mol. The van der Waals surface area contributed by atoms with Gasteiger partial charge in [0.05, 0.1) is 18.5 Å². The zero-order valence-corrected chi connectivity index (χ0v) is 13.0. The monoisotopic (exact) mass is 315 g/mol. The van der Waals surface area contributed by atoms with E-state index in [-0.39, 0.29) is 24.9 Å². The van der Waals surface area contributed by atoms with Crippen LogP contribution in [0.15, 0.2) is 24.3 Å². The molecule has 0 amide bonds. The SMILES string of the molecule is CC(C)OCCS(=O)(=O)Nc1cccc(CCC(=O)O)c1. The van der Waals surface area contributed by atoms with E-state index >= 15 is 0 Å². The third kappa shape index (κ3) is 7.67. The van der Waals surface area contributed by atoms with Gasteiger partial charge in [-0.2, -0.15) is 0 Å². The molecule has 118 valence electrons. The van der Waals surface area contributed by atoms with Crippen LogP contribution < -0.4 is 4.72 Å². The van der Waals surface area contributed by atoms with Crippen LogP contribution in [0.25, 0.3) is 0 Å². The van der Waals surface area contributed by atoms with Crippen LogP contribution in [0.2, 0.25) is 0 Å². The maximum Gasteiger partial charge on any atom is 0.303 e. The van der Waals surface area contributed by atoms with Crippen molar-refractivity contribution in [2.45, 2.75) is 32.8 Å². The summed E-state index contributed by atoms with van der Waals surface area (Å²) in [6.07, 6.45) is 0.360. The van der Waals surface area contributed by atoms with Gasteiger partial charge in [0.2, 0.25) is 10.0 Å². The summed E-state index contributed by atoms with van der Waals surface area (Å²) in [5.74, 6) is -1.00. The molecule has 0 aliphatic rings. The molecule has 7 heteroatoms. The summed E-state index contributed by atoms with van der Waals surface area (Å²) >= 11 is 0. The topological polar surface area (TPSA) is 92.7 Å². The molecule has 0 aromatic heterocycles. The number of carboxylic acids is 1. The molecule has 0 aliphatic carbocycles. The van der Waals surface area contributed by atoms with Gasteiger partial charge in [-0.25, -0.2) is 8.42 Å². The van der Waals surface area contributed by atoms with Gasteiger partial charge in [-0.1, -0.05) is 12.1 Å². The van der Waals surface area contributed by atoms with E-state index in [1.165, 1.54) is 0 Å². The van der Waals surface area contributed by atoms with Gasteiger partial charge in [0.25, 0.3) is 0 Å². The predicted molar refractivity (Wildman–Crippen MR) is 80.9 cm³/mol. The van der Waals surface area contributed by atoms with E-state index < -0.39 is 16.0 Å². The number of sulfonamides is 1. The van der Waals surface area contributed by atoms with Crippen molar-refractivity contribution in [1.82, 2.24) is 0 Å². The number of carbonyl (C=O) groups is 1. The highest BCUT2D eigenvalue weighted by Gasteiger charge is 2.11. The van der Waals surface area contributed by atoms with Crippen molar-refractivity contribution in [3.05, 3.63) is 29.8 Å². The minimum Gasteiger partial charge on any atom is -0.481 e. The largest absolute Gasteiger partial charge is 0.481 e. The van der Waals surface area contributed by atoms with Crippen LogP contribution in [0.4, 0.5) is 5.69 Å². The molecule has 0 aliphatic heterocycles. The first-order valence-corrected chi connectivity index (χ1v) is 8.36. The van der Waals surface area contributed by atoms with E-state index in [9.17, 15) is 13.2 Å². The molecular formula is C14H21NO5S. The molecule has 1 rings (SSSR count). The van der Waals surface area contributed by atoms with Gasteiger partial charge in [-0.05, 0) is 38.0 Å². The lowest BCUT2D eigenvalue weighted by Crippen LogP contribution is -2.21. The standard InChI is InChI=1S/C14H21NO5S/c1-11(2)20-8-9-21(18,19)15-13-5-3-4-12(10-13)6-7-14(16)17/h3-5,10-11,15H,6-9H2,1-2H3,(H,16,17). The Morgan fingerprint density at radius 2 is 2.10 bits per heavy atom. The van der Waals surface area contributed by atoms with Crippen LogP contribution >= 0.6 is 0 Å². The zero-order valence-electron chi connectivity index (χ0n) is 12.2. The Bertz CT molecular complexity index is 568.